The SMILES string of the molecule is FC1=CC(Cl)=CC(F)(OC(F)(F)F)C1. The molecule has 80 valence electrons. The molecule has 14 heavy (non-hydrogen) atoms. The summed E-state index contributed by atoms with van der Waals surface area (Å²) in [7, 11) is 0. The third-order valence-electron chi connectivity index (χ3n) is 1.34. The third kappa shape index (κ3) is 3.26. The van der Waals surface area contributed by atoms with Crippen LogP contribution in [0.2, 0.25) is 0 Å². The zero-order valence-electron chi connectivity index (χ0n) is 6.54. The van der Waals surface area contributed by atoms with Crippen molar-refractivity contribution in [2.75, 3.05) is 0 Å². The molecule has 1 unspecified atom stereocenters. The van der Waals surface area contributed by atoms with Gasteiger partial charge in [0.25, 0.3) is 0 Å². The van der Waals surface area contributed by atoms with E-state index in [2.05, 4.69) is 4.74 Å². The van der Waals surface area contributed by atoms with E-state index in [1.807, 2.05) is 0 Å². The molecule has 7 heteroatoms. The van der Waals surface area contributed by atoms with Crippen LogP contribution in [-0.2, 0) is 4.74 Å². The summed E-state index contributed by atoms with van der Waals surface area (Å²) in [6.07, 6.45) is -5.23. The molecule has 1 atom stereocenters. The number of halogens is 6. The van der Waals surface area contributed by atoms with Gasteiger partial charge in [0, 0.05) is 5.03 Å². The maximum atomic E-state index is 13.2. The van der Waals surface area contributed by atoms with E-state index in [-0.39, 0.29) is 0 Å². The molecule has 0 radical (unpaired) electrons. The van der Waals surface area contributed by atoms with E-state index in [9.17, 15) is 22.0 Å². The first kappa shape index (κ1) is 11.5. The Morgan fingerprint density at radius 1 is 1.43 bits per heavy atom. The highest BCUT2D eigenvalue weighted by molar-refractivity contribution is 6.31. The Hall–Kier alpha value is -0.620. The fourth-order valence-corrected chi connectivity index (χ4v) is 1.27. The van der Waals surface area contributed by atoms with Gasteiger partial charge in [-0.3, -0.25) is 0 Å². The molecule has 0 aromatic rings. The number of hydrogen-bond acceptors (Lipinski definition) is 1. The van der Waals surface area contributed by atoms with Crippen molar-refractivity contribution in [2.24, 2.45) is 0 Å². The first-order chi connectivity index (χ1) is 6.20. The molecular formula is C7H4ClF5O. The first-order valence-corrected chi connectivity index (χ1v) is 3.78. The van der Waals surface area contributed by atoms with Gasteiger partial charge in [0.2, 0.25) is 5.85 Å². The Balaban J connectivity index is 2.83. The van der Waals surface area contributed by atoms with E-state index in [0.717, 1.165) is 6.08 Å². The first-order valence-electron chi connectivity index (χ1n) is 3.40. The van der Waals surface area contributed by atoms with Crippen LogP contribution in [-0.4, -0.2) is 12.2 Å². The van der Waals surface area contributed by atoms with E-state index in [1.165, 1.54) is 0 Å². The Morgan fingerprint density at radius 3 is 2.43 bits per heavy atom. The zero-order valence-corrected chi connectivity index (χ0v) is 7.29. The van der Waals surface area contributed by atoms with Crippen molar-refractivity contribution in [3.63, 3.8) is 0 Å². The molecule has 0 aromatic carbocycles. The van der Waals surface area contributed by atoms with Gasteiger partial charge in [-0.25, -0.2) is 13.5 Å². The molecule has 1 aliphatic carbocycles. The second-order valence-electron chi connectivity index (χ2n) is 2.63. The summed E-state index contributed by atoms with van der Waals surface area (Å²) in [5.41, 5.74) is 0. The predicted octanol–water partition coefficient (Wildman–Crippen LogP) is 3.57. The lowest BCUT2D eigenvalue weighted by Gasteiger charge is -2.25. The van der Waals surface area contributed by atoms with E-state index in [1.54, 1.807) is 0 Å². The van der Waals surface area contributed by atoms with Gasteiger partial charge in [0.1, 0.15) is 5.83 Å². The second kappa shape index (κ2) is 3.51. The minimum Gasteiger partial charge on any atom is -0.250 e. The molecule has 0 spiro atoms. The number of rotatable bonds is 1. The highest BCUT2D eigenvalue weighted by atomic mass is 35.5. The minimum absolute atomic E-state index is 0.366. The van der Waals surface area contributed by atoms with Crippen LogP contribution in [0.5, 0.6) is 0 Å². The maximum absolute atomic E-state index is 13.2. The Kier molecular flexibility index (Phi) is 2.87. The van der Waals surface area contributed by atoms with Crippen molar-refractivity contribution >= 4 is 11.6 Å². The molecule has 1 rings (SSSR count). The maximum Gasteiger partial charge on any atom is 0.525 e. The molecule has 0 bridgehead atoms. The number of hydrogen-bond donors (Lipinski definition) is 0. The normalized spacial score (nSPS) is 28.4. The lowest BCUT2D eigenvalue weighted by Crippen LogP contribution is -2.33. The minimum atomic E-state index is -5.18. The van der Waals surface area contributed by atoms with E-state index >= 15 is 0 Å². The van der Waals surface area contributed by atoms with E-state index < -0.39 is 29.5 Å². The smallest absolute Gasteiger partial charge is 0.250 e. The van der Waals surface area contributed by atoms with Crippen molar-refractivity contribution in [1.29, 1.82) is 0 Å². The Labute approximate surface area is 80.8 Å². The molecule has 0 saturated carbocycles. The van der Waals surface area contributed by atoms with Gasteiger partial charge in [-0.05, 0) is 12.2 Å². The molecule has 0 fully saturated rings. The van der Waals surface area contributed by atoms with Crippen LogP contribution in [0.1, 0.15) is 6.42 Å². The highest BCUT2D eigenvalue weighted by Crippen LogP contribution is 2.37. The van der Waals surface area contributed by atoms with Gasteiger partial charge >= 0.3 is 6.36 Å². The van der Waals surface area contributed by atoms with Gasteiger partial charge < -0.3 is 0 Å². The summed E-state index contributed by atoms with van der Waals surface area (Å²) in [5, 5.41) is -0.472. The van der Waals surface area contributed by atoms with Crippen molar-refractivity contribution in [2.45, 2.75) is 18.6 Å². The van der Waals surface area contributed by atoms with E-state index in [4.69, 9.17) is 11.6 Å². The van der Waals surface area contributed by atoms with Crippen LogP contribution >= 0.6 is 11.6 Å². The molecule has 0 N–H and O–H groups in total. The van der Waals surface area contributed by atoms with Crippen molar-refractivity contribution < 1.29 is 26.7 Å². The van der Waals surface area contributed by atoms with Gasteiger partial charge in [0.15, 0.2) is 0 Å². The van der Waals surface area contributed by atoms with Gasteiger partial charge in [0.05, 0.1) is 6.42 Å². The molecule has 1 aliphatic rings. The second-order valence-corrected chi connectivity index (χ2v) is 3.07. The van der Waals surface area contributed by atoms with Crippen LogP contribution in [0, 0.1) is 0 Å². The van der Waals surface area contributed by atoms with E-state index in [0.29, 0.717) is 6.08 Å². The quantitative estimate of drug-likeness (QED) is 0.630. The molecule has 0 aromatic heterocycles. The van der Waals surface area contributed by atoms with Crippen LogP contribution in [0.3, 0.4) is 0 Å². The third-order valence-corrected chi connectivity index (χ3v) is 1.56. The van der Waals surface area contributed by atoms with Crippen LogP contribution < -0.4 is 0 Å². The molecule has 0 aliphatic heterocycles. The van der Waals surface area contributed by atoms with Gasteiger partial charge in [-0.2, -0.15) is 0 Å². The summed E-state index contributed by atoms with van der Waals surface area (Å²) >= 11 is 5.18. The fraction of sp³-hybridized carbons (Fsp3) is 0.429. The summed E-state index contributed by atoms with van der Waals surface area (Å²) in [5.74, 6) is -4.36. The predicted molar refractivity (Wildman–Crippen MR) is 38.7 cm³/mol. The standard InChI is InChI=1S/C7H4ClF5O/c8-4-1-5(9)3-6(10,2-4)14-7(11,12)13/h1-2H,3H2. The lowest BCUT2D eigenvalue weighted by atomic mass is 10.1. The van der Waals surface area contributed by atoms with Crippen LogP contribution in [0.15, 0.2) is 23.0 Å². The Morgan fingerprint density at radius 2 is 2.00 bits per heavy atom. The molecule has 0 saturated heterocycles. The lowest BCUT2D eigenvalue weighted by molar-refractivity contribution is -0.381. The zero-order chi connectivity index (χ0) is 11.0. The fourth-order valence-electron chi connectivity index (χ4n) is 0.987. The summed E-state index contributed by atoms with van der Waals surface area (Å²) < 4.78 is 63.8. The molecule has 0 heterocycles. The number of alkyl halides is 4. The summed E-state index contributed by atoms with van der Waals surface area (Å²) in [4.78, 5) is 0. The average molecular weight is 235 g/mol. The molecule has 1 nitrogen and oxygen atoms in total. The monoisotopic (exact) mass is 234 g/mol. The van der Waals surface area contributed by atoms with Crippen molar-refractivity contribution in [3.05, 3.63) is 23.0 Å². The average Bonchev–Trinajstić information content (AvgIpc) is 1.74. The van der Waals surface area contributed by atoms with Gasteiger partial charge in [-0.1, -0.05) is 11.6 Å². The topological polar surface area (TPSA) is 9.23 Å². The summed E-state index contributed by atoms with van der Waals surface area (Å²) in [6, 6.07) is 0. The Bertz CT molecular complexity index is 295. The highest BCUT2D eigenvalue weighted by Gasteiger charge is 2.44. The van der Waals surface area contributed by atoms with Gasteiger partial charge in [-0.15, -0.1) is 13.2 Å². The van der Waals surface area contributed by atoms with Crippen LogP contribution in [0.25, 0.3) is 0 Å². The number of allylic oxidation sites excluding steroid dienone is 2. The molecule has 0 amide bonds. The molecular weight excluding hydrogens is 231 g/mol. The van der Waals surface area contributed by atoms with Crippen LogP contribution in [0.4, 0.5) is 22.0 Å². The van der Waals surface area contributed by atoms with Crippen molar-refractivity contribution in [1.82, 2.24) is 0 Å². The van der Waals surface area contributed by atoms with Crippen molar-refractivity contribution in [3.8, 4) is 0 Å². The summed E-state index contributed by atoms with van der Waals surface area (Å²) in [6.45, 7) is 0. The number of ether oxygens (including phenoxy) is 1. The largest absolute Gasteiger partial charge is 0.525 e.